The average molecular weight is 433 g/mol. The monoisotopic (exact) mass is 432 g/mol. The van der Waals surface area contributed by atoms with E-state index in [1.54, 1.807) is 6.26 Å². The minimum absolute atomic E-state index is 0.214. The summed E-state index contributed by atoms with van der Waals surface area (Å²) >= 11 is 3.56. The van der Waals surface area contributed by atoms with E-state index in [0.29, 0.717) is 5.92 Å². The predicted octanol–water partition coefficient (Wildman–Crippen LogP) is 6.84. The largest absolute Gasteiger partial charge is 0.465 e. The molecule has 0 spiro atoms. The molecular weight excluding hydrogens is 412 g/mol. The van der Waals surface area contributed by atoms with Crippen LogP contribution in [-0.4, -0.2) is 5.71 Å². The Morgan fingerprint density at radius 1 is 1.00 bits per heavy atom. The van der Waals surface area contributed by atoms with Crippen LogP contribution in [0.2, 0.25) is 0 Å². The van der Waals surface area contributed by atoms with Crippen molar-refractivity contribution < 1.29 is 4.42 Å². The summed E-state index contributed by atoms with van der Waals surface area (Å²) in [7, 11) is 0. The Morgan fingerprint density at radius 3 is 2.57 bits per heavy atom. The Balaban J connectivity index is 1.60. The van der Waals surface area contributed by atoms with Gasteiger partial charge in [-0.15, -0.1) is 0 Å². The molecule has 140 valence electrons. The highest BCUT2D eigenvalue weighted by Gasteiger charge is 2.41. The number of allylic oxidation sites excluding steroid dienone is 1. The van der Waals surface area contributed by atoms with Crippen molar-refractivity contribution in [3.63, 3.8) is 0 Å². The second kappa shape index (κ2) is 7.44. The molecule has 28 heavy (non-hydrogen) atoms. The molecule has 0 amide bonds. The van der Waals surface area contributed by atoms with Crippen molar-refractivity contribution in [3.8, 4) is 0 Å². The Morgan fingerprint density at radius 2 is 1.82 bits per heavy atom. The quantitative estimate of drug-likeness (QED) is 0.452. The Kier molecular flexibility index (Phi) is 4.65. The van der Waals surface area contributed by atoms with Crippen LogP contribution in [0.4, 0.5) is 5.69 Å². The smallest absolute Gasteiger partial charge is 0.126 e. The summed E-state index contributed by atoms with van der Waals surface area (Å²) in [5.41, 5.74) is 4.94. The summed E-state index contributed by atoms with van der Waals surface area (Å²) < 4.78 is 6.67. The third-order valence-corrected chi connectivity index (χ3v) is 6.12. The zero-order valence-electron chi connectivity index (χ0n) is 15.5. The van der Waals surface area contributed by atoms with E-state index in [9.17, 15) is 0 Å². The van der Waals surface area contributed by atoms with Crippen LogP contribution in [0.15, 0.2) is 92.6 Å². The first-order valence-electron chi connectivity index (χ1n) is 9.72. The molecule has 0 radical (unpaired) electrons. The molecule has 0 N–H and O–H groups in total. The maximum Gasteiger partial charge on any atom is 0.126 e. The lowest BCUT2D eigenvalue weighted by Gasteiger charge is -2.30. The molecule has 3 nitrogen and oxygen atoms in total. The summed E-state index contributed by atoms with van der Waals surface area (Å²) in [6.07, 6.45) is 7.26. The second-order valence-electron chi connectivity index (χ2n) is 7.35. The van der Waals surface area contributed by atoms with E-state index in [2.05, 4.69) is 81.6 Å². The fraction of sp³-hybridized carbons (Fsp3) is 0.208. The summed E-state index contributed by atoms with van der Waals surface area (Å²) in [5, 5.41) is 7.36. The first-order chi connectivity index (χ1) is 13.8. The highest BCUT2D eigenvalue weighted by molar-refractivity contribution is 9.10. The Hall–Kier alpha value is -2.59. The minimum Gasteiger partial charge on any atom is -0.465 e. The predicted molar refractivity (Wildman–Crippen MR) is 117 cm³/mol. The number of halogens is 1. The number of rotatable bonds is 3. The van der Waals surface area contributed by atoms with E-state index in [1.165, 1.54) is 23.3 Å². The van der Waals surface area contributed by atoms with Gasteiger partial charge in [0.1, 0.15) is 5.76 Å². The van der Waals surface area contributed by atoms with E-state index < -0.39 is 0 Å². The lowest BCUT2D eigenvalue weighted by Crippen LogP contribution is -2.28. The van der Waals surface area contributed by atoms with Gasteiger partial charge in [0, 0.05) is 10.4 Å². The Labute approximate surface area is 173 Å². The van der Waals surface area contributed by atoms with Crippen molar-refractivity contribution >= 4 is 33.4 Å². The molecular formula is C24H21BrN2O. The van der Waals surface area contributed by atoms with Gasteiger partial charge in [0.05, 0.1) is 23.7 Å². The van der Waals surface area contributed by atoms with Gasteiger partial charge < -0.3 is 4.42 Å². The molecule has 1 aliphatic heterocycles. The van der Waals surface area contributed by atoms with Gasteiger partial charge in [-0.05, 0) is 72.9 Å². The van der Waals surface area contributed by atoms with Crippen LogP contribution in [0, 0.1) is 5.92 Å². The van der Waals surface area contributed by atoms with Gasteiger partial charge in [0.15, 0.2) is 0 Å². The summed E-state index contributed by atoms with van der Waals surface area (Å²) in [6.45, 7) is 0. The molecule has 2 atom stereocenters. The summed E-state index contributed by atoms with van der Waals surface area (Å²) in [4.78, 5) is 0. The number of hydrazone groups is 1. The van der Waals surface area contributed by atoms with Crippen LogP contribution in [0.1, 0.15) is 36.6 Å². The first-order valence-corrected chi connectivity index (χ1v) is 10.5. The molecule has 1 aromatic heterocycles. The van der Waals surface area contributed by atoms with Crippen LogP contribution in [0.5, 0.6) is 0 Å². The number of hydrogen-bond acceptors (Lipinski definition) is 3. The molecule has 1 saturated carbocycles. The van der Waals surface area contributed by atoms with Gasteiger partial charge in [0.25, 0.3) is 0 Å². The van der Waals surface area contributed by atoms with Crippen molar-refractivity contribution in [2.24, 2.45) is 11.0 Å². The third-order valence-electron chi connectivity index (χ3n) is 5.59. The molecule has 2 aromatic carbocycles. The highest BCUT2D eigenvalue weighted by atomic mass is 79.9. The molecule has 3 aromatic rings. The van der Waals surface area contributed by atoms with Gasteiger partial charge in [-0.1, -0.05) is 46.3 Å². The van der Waals surface area contributed by atoms with Gasteiger partial charge in [-0.3, -0.25) is 5.01 Å². The van der Waals surface area contributed by atoms with E-state index in [0.717, 1.165) is 28.8 Å². The number of anilines is 1. The second-order valence-corrected chi connectivity index (χ2v) is 8.26. The van der Waals surface area contributed by atoms with Crippen LogP contribution in [0.3, 0.4) is 0 Å². The number of fused-ring (bicyclic) bond motifs is 1. The van der Waals surface area contributed by atoms with E-state index >= 15 is 0 Å². The lowest BCUT2D eigenvalue weighted by molar-refractivity contribution is 0.487. The van der Waals surface area contributed by atoms with Crippen molar-refractivity contribution in [2.45, 2.75) is 25.3 Å². The standard InChI is InChI=1S/C24H21BrN2O/c25-19-13-11-17(12-14-19)24-22-10-4-6-18(16-21-9-5-15-28-21)23(22)26-27(24)20-7-2-1-3-8-20/h1-3,5,7-9,11-16,22,24H,4,6,10H2/b18-16+. The normalized spacial score (nSPS) is 23.0. The zero-order valence-corrected chi connectivity index (χ0v) is 17.0. The zero-order chi connectivity index (χ0) is 18.9. The molecule has 1 fully saturated rings. The fourth-order valence-corrected chi connectivity index (χ4v) is 4.60. The van der Waals surface area contributed by atoms with Crippen molar-refractivity contribution in [2.75, 3.05) is 5.01 Å². The number of benzene rings is 2. The highest BCUT2D eigenvalue weighted by Crippen LogP contribution is 2.46. The summed E-state index contributed by atoms with van der Waals surface area (Å²) in [6, 6.07) is 23.3. The molecule has 2 unspecified atom stereocenters. The molecule has 1 aliphatic carbocycles. The summed E-state index contributed by atoms with van der Waals surface area (Å²) in [5.74, 6) is 1.29. The van der Waals surface area contributed by atoms with E-state index in [1.807, 2.05) is 12.1 Å². The van der Waals surface area contributed by atoms with Gasteiger partial charge in [-0.2, -0.15) is 5.10 Å². The maximum atomic E-state index is 5.57. The van der Waals surface area contributed by atoms with E-state index in [-0.39, 0.29) is 6.04 Å². The molecule has 2 heterocycles. The fourth-order valence-electron chi connectivity index (χ4n) is 4.33. The molecule has 0 bridgehead atoms. The molecule has 2 aliphatic rings. The van der Waals surface area contributed by atoms with Crippen LogP contribution >= 0.6 is 15.9 Å². The van der Waals surface area contributed by atoms with E-state index in [4.69, 9.17) is 9.52 Å². The first kappa shape index (κ1) is 17.5. The van der Waals surface area contributed by atoms with Crippen LogP contribution < -0.4 is 5.01 Å². The third kappa shape index (κ3) is 3.22. The van der Waals surface area contributed by atoms with Gasteiger partial charge in [-0.25, -0.2) is 0 Å². The van der Waals surface area contributed by atoms with Gasteiger partial charge >= 0.3 is 0 Å². The number of nitrogens with zero attached hydrogens (tertiary/aromatic N) is 2. The number of hydrogen-bond donors (Lipinski definition) is 0. The van der Waals surface area contributed by atoms with Crippen molar-refractivity contribution in [1.29, 1.82) is 0 Å². The number of furan rings is 1. The lowest BCUT2D eigenvalue weighted by atomic mass is 9.77. The number of para-hydroxylation sites is 1. The topological polar surface area (TPSA) is 28.7 Å². The molecule has 0 saturated heterocycles. The van der Waals surface area contributed by atoms with Crippen LogP contribution in [0.25, 0.3) is 6.08 Å². The Bertz CT molecular complexity index is 1010. The van der Waals surface area contributed by atoms with Crippen molar-refractivity contribution in [3.05, 3.63) is 94.4 Å². The minimum atomic E-state index is 0.214. The molecule has 5 rings (SSSR count). The van der Waals surface area contributed by atoms with Crippen molar-refractivity contribution in [1.82, 2.24) is 0 Å². The SMILES string of the molecule is Brc1ccc(C2C3CCC/C(=C\c4ccco4)C3=NN2c2ccccc2)cc1. The van der Waals surface area contributed by atoms with Crippen LogP contribution in [-0.2, 0) is 0 Å². The average Bonchev–Trinajstić information content (AvgIpc) is 3.38. The van der Waals surface area contributed by atoms with Gasteiger partial charge in [0.2, 0.25) is 0 Å². The molecule has 4 heteroatoms. The maximum absolute atomic E-state index is 5.57.